The monoisotopic (exact) mass is 276 g/mol. The zero-order valence-corrected chi connectivity index (χ0v) is 12.6. The van der Waals surface area contributed by atoms with Crippen molar-refractivity contribution < 1.29 is 9.21 Å². The summed E-state index contributed by atoms with van der Waals surface area (Å²) in [6.07, 6.45) is 2.17. The third-order valence-corrected chi connectivity index (χ3v) is 4.77. The van der Waals surface area contributed by atoms with E-state index in [1.807, 2.05) is 13.1 Å². The van der Waals surface area contributed by atoms with Gasteiger partial charge in [0.25, 0.3) is 0 Å². The lowest BCUT2D eigenvalue weighted by atomic mass is 10.0. The molecule has 1 saturated heterocycles. The maximum Gasteiger partial charge on any atom is 0.227 e. The summed E-state index contributed by atoms with van der Waals surface area (Å²) in [5.41, 5.74) is 0. The Morgan fingerprint density at radius 3 is 2.80 bits per heavy atom. The molecule has 4 unspecified atom stereocenters. The number of hydrogen-bond donors (Lipinski definition) is 1. The van der Waals surface area contributed by atoms with E-state index >= 15 is 0 Å². The first-order valence-electron chi connectivity index (χ1n) is 7.63. The zero-order valence-electron chi connectivity index (χ0n) is 12.6. The molecule has 4 nitrogen and oxygen atoms in total. The summed E-state index contributed by atoms with van der Waals surface area (Å²) in [4.78, 5) is 14.2. The standard InChI is InChI=1S/C16H24N2O2/c1-10-8-14(10)15-5-4-12(20-15)9-18(3)16(19)13-6-7-17-11(13)2/h4-5,10-11,13-14,17H,6-9H2,1-3H3. The van der Waals surface area contributed by atoms with Crippen LogP contribution in [-0.4, -0.2) is 30.4 Å². The van der Waals surface area contributed by atoms with Gasteiger partial charge < -0.3 is 14.6 Å². The van der Waals surface area contributed by atoms with Gasteiger partial charge in [-0.05, 0) is 44.4 Å². The predicted molar refractivity (Wildman–Crippen MR) is 77.3 cm³/mol. The molecule has 110 valence electrons. The fourth-order valence-corrected chi connectivity index (χ4v) is 3.19. The molecule has 1 N–H and O–H groups in total. The summed E-state index contributed by atoms with van der Waals surface area (Å²) in [6.45, 7) is 5.85. The number of carbonyl (C=O) groups is 1. The molecule has 1 amide bonds. The van der Waals surface area contributed by atoms with Crippen molar-refractivity contribution >= 4 is 5.91 Å². The van der Waals surface area contributed by atoms with Crippen molar-refractivity contribution in [3.8, 4) is 0 Å². The summed E-state index contributed by atoms with van der Waals surface area (Å²) < 4.78 is 5.88. The molecule has 0 bridgehead atoms. The topological polar surface area (TPSA) is 45.5 Å². The lowest BCUT2D eigenvalue weighted by Gasteiger charge is -2.22. The summed E-state index contributed by atoms with van der Waals surface area (Å²) in [7, 11) is 1.87. The van der Waals surface area contributed by atoms with Crippen molar-refractivity contribution in [3.05, 3.63) is 23.7 Å². The highest BCUT2D eigenvalue weighted by Crippen LogP contribution is 2.47. The van der Waals surface area contributed by atoms with E-state index in [4.69, 9.17) is 4.42 Å². The van der Waals surface area contributed by atoms with Crippen LogP contribution in [-0.2, 0) is 11.3 Å². The minimum absolute atomic E-state index is 0.109. The second-order valence-electron chi connectivity index (χ2n) is 6.46. The van der Waals surface area contributed by atoms with Crippen LogP contribution in [0.2, 0.25) is 0 Å². The van der Waals surface area contributed by atoms with Gasteiger partial charge in [0.15, 0.2) is 0 Å². The molecule has 0 spiro atoms. The van der Waals surface area contributed by atoms with Crippen LogP contribution in [0.3, 0.4) is 0 Å². The second-order valence-corrected chi connectivity index (χ2v) is 6.46. The Balaban J connectivity index is 1.59. The summed E-state index contributed by atoms with van der Waals surface area (Å²) in [5, 5.41) is 3.33. The Labute approximate surface area is 120 Å². The zero-order chi connectivity index (χ0) is 14.3. The average Bonchev–Trinajstić information content (AvgIpc) is 2.81. The highest BCUT2D eigenvalue weighted by molar-refractivity contribution is 5.79. The third kappa shape index (κ3) is 2.62. The molecule has 20 heavy (non-hydrogen) atoms. The van der Waals surface area contributed by atoms with E-state index in [-0.39, 0.29) is 17.9 Å². The van der Waals surface area contributed by atoms with Gasteiger partial charge in [0.05, 0.1) is 12.5 Å². The highest BCUT2D eigenvalue weighted by Gasteiger charge is 2.37. The van der Waals surface area contributed by atoms with Crippen molar-refractivity contribution in [3.63, 3.8) is 0 Å². The van der Waals surface area contributed by atoms with Gasteiger partial charge in [0, 0.05) is 19.0 Å². The first kappa shape index (κ1) is 13.7. The smallest absolute Gasteiger partial charge is 0.227 e. The minimum atomic E-state index is 0.109. The number of nitrogens with one attached hydrogen (secondary N) is 1. The molecule has 4 heteroatoms. The lowest BCUT2D eigenvalue weighted by Crippen LogP contribution is -2.37. The molecule has 0 aromatic carbocycles. The van der Waals surface area contributed by atoms with Crippen LogP contribution in [0.25, 0.3) is 0 Å². The number of amides is 1. The Bertz CT molecular complexity index is 496. The first-order chi connectivity index (χ1) is 9.56. The molecule has 0 radical (unpaired) electrons. The normalized spacial score (nSPS) is 32.4. The van der Waals surface area contributed by atoms with Crippen molar-refractivity contribution in [2.24, 2.45) is 11.8 Å². The molecule has 2 heterocycles. The molecule has 1 aromatic rings. The van der Waals surface area contributed by atoms with Crippen molar-refractivity contribution in [2.75, 3.05) is 13.6 Å². The number of hydrogen-bond acceptors (Lipinski definition) is 3. The third-order valence-electron chi connectivity index (χ3n) is 4.77. The van der Waals surface area contributed by atoms with Crippen LogP contribution in [0.4, 0.5) is 0 Å². The number of nitrogens with zero attached hydrogens (tertiary/aromatic N) is 1. The van der Waals surface area contributed by atoms with Crippen LogP contribution in [0.15, 0.2) is 16.5 Å². The molecular formula is C16H24N2O2. The lowest BCUT2D eigenvalue weighted by molar-refractivity contribution is -0.135. The maximum atomic E-state index is 12.4. The van der Waals surface area contributed by atoms with Gasteiger partial charge in [-0.25, -0.2) is 0 Å². The van der Waals surface area contributed by atoms with Crippen molar-refractivity contribution in [1.29, 1.82) is 0 Å². The predicted octanol–water partition coefficient (Wildman–Crippen LogP) is 2.36. The average molecular weight is 276 g/mol. The minimum Gasteiger partial charge on any atom is -0.464 e. The Morgan fingerprint density at radius 2 is 2.20 bits per heavy atom. The Hall–Kier alpha value is -1.29. The van der Waals surface area contributed by atoms with E-state index in [2.05, 4.69) is 25.2 Å². The molecular weight excluding hydrogens is 252 g/mol. The fourth-order valence-electron chi connectivity index (χ4n) is 3.19. The fraction of sp³-hybridized carbons (Fsp3) is 0.688. The van der Waals surface area contributed by atoms with Crippen LogP contribution >= 0.6 is 0 Å². The van der Waals surface area contributed by atoms with Crippen LogP contribution in [0, 0.1) is 11.8 Å². The van der Waals surface area contributed by atoms with Crippen LogP contribution in [0.1, 0.15) is 44.1 Å². The summed E-state index contributed by atoms with van der Waals surface area (Å²) >= 11 is 0. The van der Waals surface area contributed by atoms with Gasteiger partial charge in [0.2, 0.25) is 5.91 Å². The van der Waals surface area contributed by atoms with E-state index in [0.29, 0.717) is 12.5 Å². The van der Waals surface area contributed by atoms with E-state index in [0.717, 1.165) is 30.4 Å². The Morgan fingerprint density at radius 1 is 1.45 bits per heavy atom. The molecule has 3 rings (SSSR count). The van der Waals surface area contributed by atoms with E-state index in [1.54, 1.807) is 4.90 Å². The van der Waals surface area contributed by atoms with Crippen LogP contribution < -0.4 is 5.32 Å². The molecule has 1 aliphatic heterocycles. The van der Waals surface area contributed by atoms with Gasteiger partial charge in [-0.3, -0.25) is 4.79 Å². The van der Waals surface area contributed by atoms with Crippen molar-refractivity contribution in [2.45, 2.75) is 45.2 Å². The largest absolute Gasteiger partial charge is 0.464 e. The van der Waals surface area contributed by atoms with Gasteiger partial charge in [-0.15, -0.1) is 0 Å². The SMILES string of the molecule is CC1CC1c1ccc(CN(C)C(=O)C2CCNC2C)o1. The van der Waals surface area contributed by atoms with Crippen LogP contribution in [0.5, 0.6) is 0 Å². The molecule has 2 aliphatic rings. The van der Waals surface area contributed by atoms with Gasteiger partial charge >= 0.3 is 0 Å². The van der Waals surface area contributed by atoms with E-state index in [9.17, 15) is 4.79 Å². The molecule has 1 saturated carbocycles. The number of carbonyl (C=O) groups excluding carboxylic acids is 1. The van der Waals surface area contributed by atoms with Gasteiger partial charge in [-0.2, -0.15) is 0 Å². The second kappa shape index (κ2) is 5.24. The molecule has 1 aliphatic carbocycles. The van der Waals surface area contributed by atoms with E-state index < -0.39 is 0 Å². The summed E-state index contributed by atoms with van der Waals surface area (Å²) in [6, 6.07) is 4.37. The molecule has 4 atom stereocenters. The van der Waals surface area contributed by atoms with Crippen molar-refractivity contribution in [1.82, 2.24) is 10.2 Å². The Kier molecular flexibility index (Phi) is 3.59. The van der Waals surface area contributed by atoms with E-state index in [1.165, 1.54) is 6.42 Å². The molecule has 2 fully saturated rings. The molecule has 1 aromatic heterocycles. The maximum absolute atomic E-state index is 12.4. The van der Waals surface area contributed by atoms with Gasteiger partial charge in [-0.1, -0.05) is 6.92 Å². The quantitative estimate of drug-likeness (QED) is 0.918. The first-order valence-corrected chi connectivity index (χ1v) is 7.63. The van der Waals surface area contributed by atoms with Gasteiger partial charge in [0.1, 0.15) is 11.5 Å². The number of furan rings is 1. The number of rotatable bonds is 4. The highest BCUT2D eigenvalue weighted by atomic mass is 16.3. The summed E-state index contributed by atoms with van der Waals surface area (Å²) in [5.74, 6) is 3.67.